The van der Waals surface area contributed by atoms with E-state index in [1.807, 2.05) is 21.1 Å². The van der Waals surface area contributed by atoms with E-state index in [4.69, 9.17) is 18.5 Å². The van der Waals surface area contributed by atoms with E-state index in [0.29, 0.717) is 17.4 Å². The Kier molecular flexibility index (Phi) is 75.7. The first-order chi connectivity index (χ1) is 48.5. The smallest absolute Gasteiger partial charge is 0.462 e. The van der Waals surface area contributed by atoms with Gasteiger partial charge in [0, 0.05) is 12.8 Å². The molecule has 0 aliphatic heterocycles. The van der Waals surface area contributed by atoms with Crippen molar-refractivity contribution in [2.75, 3.05) is 47.5 Å². The van der Waals surface area contributed by atoms with Crippen molar-refractivity contribution in [1.82, 2.24) is 0 Å². The highest BCUT2D eigenvalue weighted by atomic mass is 31.2. The first-order valence-electron chi connectivity index (χ1n) is 41.8. The van der Waals surface area contributed by atoms with E-state index in [9.17, 15) is 19.0 Å². The summed E-state index contributed by atoms with van der Waals surface area (Å²) in [5, 5.41) is 0. The van der Waals surface area contributed by atoms with Crippen molar-refractivity contribution >= 4 is 19.8 Å². The van der Waals surface area contributed by atoms with E-state index in [2.05, 4.69) is 135 Å². The number of carbonyl (C=O) groups excluding carboxylic acids is 2. The number of likely N-dealkylation sites (N-methyl/N-ethyl adjacent to an activating group) is 1. The fraction of sp³-hybridized carbons (Fsp3) is 0.753. The Balaban J connectivity index is 3.99. The van der Waals surface area contributed by atoms with Crippen LogP contribution in [0.5, 0.6) is 0 Å². The molecule has 0 rings (SSSR count). The Morgan fingerprint density at radius 3 is 0.859 bits per heavy atom. The number of hydrogen-bond acceptors (Lipinski definition) is 7. The van der Waals surface area contributed by atoms with Crippen molar-refractivity contribution < 1.29 is 42.1 Å². The molecule has 99 heavy (non-hydrogen) atoms. The fourth-order valence-corrected chi connectivity index (χ4v) is 12.7. The Bertz CT molecular complexity index is 2090. The van der Waals surface area contributed by atoms with Gasteiger partial charge in [0.05, 0.1) is 27.7 Å². The van der Waals surface area contributed by atoms with Crippen LogP contribution >= 0.6 is 7.82 Å². The van der Waals surface area contributed by atoms with Crippen LogP contribution in [0.3, 0.4) is 0 Å². The third-order valence-electron chi connectivity index (χ3n) is 18.3. The van der Waals surface area contributed by atoms with Gasteiger partial charge in [0.15, 0.2) is 6.10 Å². The van der Waals surface area contributed by atoms with E-state index in [1.54, 1.807) is 0 Å². The van der Waals surface area contributed by atoms with Gasteiger partial charge in [-0.05, 0) is 89.9 Å². The molecule has 0 saturated heterocycles. The maximum Gasteiger partial charge on any atom is 0.472 e. The molecule has 0 aliphatic carbocycles. The topological polar surface area (TPSA) is 108 Å². The van der Waals surface area contributed by atoms with Crippen LogP contribution in [0.25, 0.3) is 0 Å². The number of phosphoric acid groups is 1. The van der Waals surface area contributed by atoms with Crippen LogP contribution in [0.1, 0.15) is 380 Å². The molecule has 10 heteroatoms. The third-order valence-corrected chi connectivity index (χ3v) is 19.2. The lowest BCUT2D eigenvalue weighted by Crippen LogP contribution is -2.37. The zero-order chi connectivity index (χ0) is 71.8. The molecule has 1 N–H and O–H groups in total. The molecule has 0 radical (unpaired) electrons. The summed E-state index contributed by atoms with van der Waals surface area (Å²) in [4.78, 5) is 36.0. The Morgan fingerprint density at radius 2 is 0.576 bits per heavy atom. The average molecular weight is 1400 g/mol. The summed E-state index contributed by atoms with van der Waals surface area (Å²) in [5.41, 5.74) is 0. The largest absolute Gasteiger partial charge is 0.472 e. The monoisotopic (exact) mass is 1400 g/mol. The van der Waals surface area contributed by atoms with Gasteiger partial charge in [0.2, 0.25) is 0 Å². The van der Waals surface area contributed by atoms with E-state index in [0.717, 1.165) is 109 Å². The Hall–Kier alpha value is -3.59. The Labute approximate surface area is 613 Å². The van der Waals surface area contributed by atoms with E-state index in [1.165, 1.54) is 238 Å². The molecule has 0 aromatic carbocycles. The van der Waals surface area contributed by atoms with Gasteiger partial charge in [0.1, 0.15) is 19.8 Å². The van der Waals surface area contributed by atoms with Gasteiger partial charge in [-0.25, -0.2) is 4.57 Å². The molecule has 2 unspecified atom stereocenters. The summed E-state index contributed by atoms with van der Waals surface area (Å²) < 4.78 is 34.8. The fourth-order valence-electron chi connectivity index (χ4n) is 11.9. The first-order valence-corrected chi connectivity index (χ1v) is 43.3. The molecule has 0 bridgehead atoms. The van der Waals surface area contributed by atoms with Gasteiger partial charge in [-0.3, -0.25) is 18.6 Å². The molecule has 0 heterocycles. The predicted octanol–water partition coefficient (Wildman–Crippen LogP) is 28.1. The van der Waals surface area contributed by atoms with Crippen molar-refractivity contribution in [3.8, 4) is 0 Å². The summed E-state index contributed by atoms with van der Waals surface area (Å²) in [6.07, 6.45) is 114. The van der Waals surface area contributed by atoms with Crippen LogP contribution < -0.4 is 0 Å². The summed E-state index contributed by atoms with van der Waals surface area (Å²) in [6, 6.07) is 0. The maximum absolute atomic E-state index is 12.9. The normalized spacial score (nSPS) is 13.6. The minimum atomic E-state index is -4.41. The van der Waals surface area contributed by atoms with Crippen molar-refractivity contribution in [2.45, 2.75) is 386 Å². The van der Waals surface area contributed by atoms with Gasteiger partial charge in [-0.2, -0.15) is 0 Å². The minimum absolute atomic E-state index is 0.0264. The average Bonchev–Trinajstić information content (AvgIpc) is 0.989. The highest BCUT2D eigenvalue weighted by Crippen LogP contribution is 2.43. The molecule has 0 amide bonds. The number of carbonyl (C=O) groups is 2. The van der Waals surface area contributed by atoms with Crippen LogP contribution in [0.4, 0.5) is 0 Å². The van der Waals surface area contributed by atoms with Crippen LogP contribution in [0.15, 0.2) is 122 Å². The van der Waals surface area contributed by atoms with Gasteiger partial charge in [-0.15, -0.1) is 0 Å². The molecule has 0 spiro atoms. The van der Waals surface area contributed by atoms with Gasteiger partial charge >= 0.3 is 19.8 Å². The SMILES string of the molecule is CC/C=C\C/C=C\C/C=C\C/C=C\C/C=C\C/C=C\C/C=C\C/C=C\C/C=C\C/C=C\CCCCCCCCCCC(=O)OC(COC(=O)CCCCCCCCCCCCCCCCCCCCCCCCCCCCCCCCCCCCCC)COP(=O)(O)OCC[N+](C)(C)C. The van der Waals surface area contributed by atoms with Crippen molar-refractivity contribution in [3.63, 3.8) is 0 Å². The summed E-state index contributed by atoms with van der Waals surface area (Å²) in [6.45, 7) is 4.36. The zero-order valence-corrected chi connectivity index (χ0v) is 66.4. The van der Waals surface area contributed by atoms with Crippen LogP contribution in [0.2, 0.25) is 0 Å². The molecule has 572 valence electrons. The zero-order valence-electron chi connectivity index (χ0n) is 65.5. The molecule has 2 atom stereocenters. The van der Waals surface area contributed by atoms with Crippen molar-refractivity contribution in [3.05, 3.63) is 122 Å². The number of nitrogens with zero attached hydrogens (tertiary/aromatic N) is 1. The van der Waals surface area contributed by atoms with Gasteiger partial charge in [-0.1, -0.05) is 399 Å². The second kappa shape index (κ2) is 78.5. The van der Waals surface area contributed by atoms with E-state index in [-0.39, 0.29) is 32.0 Å². The molecule has 0 saturated carbocycles. The van der Waals surface area contributed by atoms with Gasteiger partial charge in [0.25, 0.3) is 0 Å². The van der Waals surface area contributed by atoms with Gasteiger partial charge < -0.3 is 18.9 Å². The lowest BCUT2D eigenvalue weighted by Gasteiger charge is -2.24. The predicted molar refractivity (Wildman–Crippen MR) is 431 cm³/mol. The molecular formula is C89H159NO8P+. The number of unbranched alkanes of at least 4 members (excludes halogenated alkanes) is 43. The number of esters is 2. The van der Waals surface area contributed by atoms with Crippen molar-refractivity contribution in [2.24, 2.45) is 0 Å². The first kappa shape index (κ1) is 95.4. The molecule has 0 fully saturated rings. The number of ether oxygens (including phenoxy) is 2. The molecule has 0 aromatic rings. The summed E-state index contributed by atoms with van der Waals surface area (Å²) >= 11 is 0. The number of phosphoric ester groups is 1. The summed E-state index contributed by atoms with van der Waals surface area (Å²) in [7, 11) is 1.47. The molecular weight excluding hydrogens is 1240 g/mol. The lowest BCUT2D eigenvalue weighted by molar-refractivity contribution is -0.870. The van der Waals surface area contributed by atoms with E-state index < -0.39 is 26.5 Å². The van der Waals surface area contributed by atoms with Crippen LogP contribution in [-0.4, -0.2) is 74.9 Å². The highest BCUT2D eigenvalue weighted by Gasteiger charge is 2.27. The maximum atomic E-state index is 12.9. The number of rotatable bonds is 77. The third kappa shape index (κ3) is 83.2. The highest BCUT2D eigenvalue weighted by molar-refractivity contribution is 7.47. The summed E-state index contributed by atoms with van der Waals surface area (Å²) in [5.74, 6) is -0.797. The standard InChI is InChI=1S/C89H158NO8P/c1-6-8-10-12-14-16-18-20-22-24-26-28-30-32-34-36-38-40-42-44-45-46-48-50-52-54-56-58-60-62-64-66-68-70-72-74-76-78-80-82-89(92)98-87(86-97-99(93,94)96-84-83-90(3,4)5)85-95-88(91)81-79-77-75-73-71-69-67-65-63-61-59-57-55-53-51-49-47-43-41-39-37-35-33-31-29-27-25-23-21-19-17-15-13-11-9-7-2/h8,10,14,16,20,22,26,28,32,34,38,40,44-45,48,50,54,56,60,62,87H,6-7,9,11-13,15,17-19,21,23-25,27,29-31,33,35-37,39,41-43,46-47,49,51-53,55,57-59,61,63-86H2,1-5H3/p+1/b10-8-,16-14-,22-20-,28-26-,34-32-,40-38-,45-44-,50-48-,56-54-,62-60-. The van der Waals surface area contributed by atoms with Crippen molar-refractivity contribution in [1.29, 1.82) is 0 Å². The second-order valence-electron chi connectivity index (χ2n) is 29.1. The van der Waals surface area contributed by atoms with Crippen LogP contribution in [0, 0.1) is 0 Å². The molecule has 0 aliphatic rings. The quantitative estimate of drug-likeness (QED) is 0.0211. The second-order valence-corrected chi connectivity index (χ2v) is 30.6. The minimum Gasteiger partial charge on any atom is -0.462 e. The Morgan fingerprint density at radius 1 is 0.323 bits per heavy atom. The molecule has 9 nitrogen and oxygen atoms in total. The molecule has 0 aromatic heterocycles. The number of quaternary nitrogens is 1. The lowest BCUT2D eigenvalue weighted by atomic mass is 10.0. The van der Waals surface area contributed by atoms with E-state index >= 15 is 0 Å². The number of allylic oxidation sites excluding steroid dienone is 20. The number of hydrogen-bond donors (Lipinski definition) is 1. The van der Waals surface area contributed by atoms with Crippen LogP contribution in [-0.2, 0) is 32.7 Å².